The number of aromatic nitrogens is 3. The zero-order chi connectivity index (χ0) is 15.6. The Morgan fingerprint density at radius 3 is 2.76 bits per heavy atom. The average Bonchev–Trinajstić information content (AvgIpc) is 2.92. The molecule has 0 fully saturated rings. The minimum Gasteiger partial charge on any atom is -0.491 e. The molecule has 2 rings (SSSR count). The molecule has 0 bridgehead atoms. The molecule has 0 unspecified atom stereocenters. The number of H-pyrrole nitrogens is 1. The number of hydrogen-bond donors (Lipinski definition) is 1. The molecule has 114 valence electrons. The summed E-state index contributed by atoms with van der Waals surface area (Å²) in [5, 5.41) is 0.803. The van der Waals surface area contributed by atoms with Gasteiger partial charge in [-0.25, -0.2) is 4.98 Å². The van der Waals surface area contributed by atoms with Gasteiger partial charge in [-0.15, -0.1) is 0 Å². The summed E-state index contributed by atoms with van der Waals surface area (Å²) in [5.74, 6) is 1.49. The lowest BCUT2D eigenvalue weighted by Gasteiger charge is -2.15. The van der Waals surface area contributed by atoms with Gasteiger partial charge in [0.05, 0.1) is 19.3 Å². The summed E-state index contributed by atoms with van der Waals surface area (Å²) < 4.78 is 9.48. The van der Waals surface area contributed by atoms with E-state index >= 15 is 0 Å². The highest BCUT2D eigenvalue weighted by Gasteiger charge is 2.15. The van der Waals surface area contributed by atoms with Crippen molar-refractivity contribution in [2.75, 3.05) is 19.1 Å². The van der Waals surface area contributed by atoms with Gasteiger partial charge >= 0.3 is 0 Å². The van der Waals surface area contributed by atoms with Gasteiger partial charge in [-0.2, -0.15) is 4.37 Å². The van der Waals surface area contributed by atoms with E-state index in [-0.39, 0.29) is 5.43 Å². The Kier molecular flexibility index (Phi) is 4.62. The second-order valence-corrected chi connectivity index (χ2v) is 5.98. The number of anilines is 1. The summed E-state index contributed by atoms with van der Waals surface area (Å²) in [4.78, 5) is 21.8. The first kappa shape index (κ1) is 15.5. The van der Waals surface area contributed by atoms with Crippen LogP contribution in [0.5, 0.6) is 5.75 Å². The smallest absolute Gasteiger partial charge is 0.228 e. The summed E-state index contributed by atoms with van der Waals surface area (Å²) in [5.41, 5.74) is 1.28. The van der Waals surface area contributed by atoms with E-state index in [1.807, 2.05) is 18.9 Å². The molecule has 2 aromatic rings. The maximum atomic E-state index is 12.3. The van der Waals surface area contributed by atoms with Crippen LogP contribution in [-0.2, 0) is 6.54 Å². The molecule has 0 aliphatic rings. The molecule has 0 saturated carbocycles. The third kappa shape index (κ3) is 3.24. The Morgan fingerprint density at radius 1 is 1.48 bits per heavy atom. The first-order valence-electron chi connectivity index (χ1n) is 6.74. The van der Waals surface area contributed by atoms with Gasteiger partial charge in [0.1, 0.15) is 5.82 Å². The molecule has 0 aliphatic heterocycles. The number of aromatic amines is 1. The fourth-order valence-electron chi connectivity index (χ4n) is 1.94. The van der Waals surface area contributed by atoms with Crippen molar-refractivity contribution in [1.29, 1.82) is 0 Å². The molecule has 0 atom stereocenters. The number of ether oxygens (including phenoxy) is 1. The summed E-state index contributed by atoms with van der Waals surface area (Å²) in [7, 11) is 3.40. The fraction of sp³-hybridized carbons (Fsp3) is 0.500. The van der Waals surface area contributed by atoms with E-state index < -0.39 is 0 Å². The van der Waals surface area contributed by atoms with Gasteiger partial charge in [0.25, 0.3) is 0 Å². The largest absolute Gasteiger partial charge is 0.491 e. The normalized spacial score (nSPS) is 11.0. The number of rotatable bonds is 5. The van der Waals surface area contributed by atoms with Crippen molar-refractivity contribution in [3.05, 3.63) is 33.5 Å². The van der Waals surface area contributed by atoms with Crippen molar-refractivity contribution >= 4 is 16.7 Å². The van der Waals surface area contributed by atoms with Crippen LogP contribution in [0, 0.1) is 6.92 Å². The number of aryl methyl sites for hydroxylation is 1. The van der Waals surface area contributed by atoms with Crippen LogP contribution in [0.3, 0.4) is 0 Å². The standard InChI is InChI=1S/C14H20N4O2S/c1-8(2)13-16-14(21-17-13)18(4)7-10-6-15-9(3)12(20-5)11(10)19/h6,8H,7H2,1-5H3,(H,15,19). The Hall–Kier alpha value is -1.89. The number of methoxy groups -OCH3 is 1. The van der Waals surface area contributed by atoms with Crippen molar-refractivity contribution in [2.24, 2.45) is 0 Å². The maximum absolute atomic E-state index is 12.3. The van der Waals surface area contributed by atoms with Crippen LogP contribution in [0.2, 0.25) is 0 Å². The van der Waals surface area contributed by atoms with Gasteiger partial charge in [0, 0.05) is 36.3 Å². The molecule has 0 spiro atoms. The van der Waals surface area contributed by atoms with Gasteiger partial charge in [-0.3, -0.25) is 4.79 Å². The lowest BCUT2D eigenvalue weighted by molar-refractivity contribution is 0.404. The average molecular weight is 308 g/mol. The van der Waals surface area contributed by atoms with E-state index in [0.717, 1.165) is 16.6 Å². The minimum absolute atomic E-state index is 0.0887. The molecule has 0 amide bonds. The highest BCUT2D eigenvalue weighted by atomic mass is 32.1. The summed E-state index contributed by atoms with van der Waals surface area (Å²) in [6.07, 6.45) is 1.72. The topological polar surface area (TPSA) is 71.1 Å². The summed E-state index contributed by atoms with van der Waals surface area (Å²) >= 11 is 1.35. The van der Waals surface area contributed by atoms with Gasteiger partial charge in [0.2, 0.25) is 10.6 Å². The lowest BCUT2D eigenvalue weighted by Crippen LogP contribution is -2.23. The monoisotopic (exact) mass is 308 g/mol. The van der Waals surface area contributed by atoms with E-state index in [9.17, 15) is 4.79 Å². The Labute approximate surface area is 128 Å². The highest BCUT2D eigenvalue weighted by Crippen LogP contribution is 2.21. The molecule has 7 heteroatoms. The second kappa shape index (κ2) is 6.26. The molecule has 0 aromatic carbocycles. The summed E-state index contributed by atoms with van der Waals surface area (Å²) in [6.45, 7) is 6.38. The summed E-state index contributed by atoms with van der Waals surface area (Å²) in [6, 6.07) is 0. The molecule has 2 heterocycles. The molecule has 6 nitrogen and oxygen atoms in total. The van der Waals surface area contributed by atoms with Crippen molar-refractivity contribution in [2.45, 2.75) is 33.2 Å². The molecular weight excluding hydrogens is 288 g/mol. The van der Waals surface area contributed by atoms with Crippen LogP contribution in [0.1, 0.15) is 36.8 Å². The quantitative estimate of drug-likeness (QED) is 0.917. The maximum Gasteiger partial charge on any atom is 0.228 e. The zero-order valence-corrected chi connectivity index (χ0v) is 13.7. The van der Waals surface area contributed by atoms with Gasteiger partial charge in [-0.1, -0.05) is 13.8 Å². The molecule has 2 aromatic heterocycles. The van der Waals surface area contributed by atoms with Crippen LogP contribution in [-0.4, -0.2) is 28.5 Å². The molecule has 0 saturated heterocycles. The van der Waals surface area contributed by atoms with Crippen LogP contribution in [0.15, 0.2) is 11.0 Å². The van der Waals surface area contributed by atoms with Crippen LogP contribution in [0.25, 0.3) is 0 Å². The van der Waals surface area contributed by atoms with Gasteiger partial charge in [0.15, 0.2) is 5.75 Å². The Bertz CT molecular complexity index is 678. The van der Waals surface area contributed by atoms with Crippen molar-refractivity contribution in [3.8, 4) is 5.75 Å². The first-order chi connectivity index (χ1) is 9.93. The number of nitrogens with one attached hydrogen (secondary N) is 1. The lowest BCUT2D eigenvalue weighted by atomic mass is 10.2. The van der Waals surface area contributed by atoms with E-state index in [2.05, 4.69) is 28.2 Å². The predicted molar refractivity (Wildman–Crippen MR) is 84.5 cm³/mol. The zero-order valence-electron chi connectivity index (χ0n) is 12.9. The predicted octanol–water partition coefficient (Wildman–Crippen LogP) is 2.30. The van der Waals surface area contributed by atoms with E-state index in [4.69, 9.17) is 4.74 Å². The highest BCUT2D eigenvalue weighted by molar-refractivity contribution is 7.09. The molecular formula is C14H20N4O2S. The van der Waals surface area contributed by atoms with Crippen LogP contribution in [0.4, 0.5) is 5.13 Å². The van der Waals surface area contributed by atoms with E-state index in [0.29, 0.717) is 23.8 Å². The minimum atomic E-state index is -0.0887. The van der Waals surface area contributed by atoms with E-state index in [1.54, 1.807) is 6.20 Å². The molecule has 21 heavy (non-hydrogen) atoms. The van der Waals surface area contributed by atoms with Crippen LogP contribution < -0.4 is 15.1 Å². The van der Waals surface area contributed by atoms with E-state index in [1.165, 1.54) is 18.6 Å². The molecule has 1 N–H and O–H groups in total. The second-order valence-electron chi connectivity index (χ2n) is 5.25. The fourth-order valence-corrected chi connectivity index (χ4v) is 2.71. The number of hydrogen-bond acceptors (Lipinski definition) is 6. The Morgan fingerprint density at radius 2 is 2.19 bits per heavy atom. The third-order valence-corrected chi connectivity index (χ3v) is 4.03. The first-order valence-corrected chi connectivity index (χ1v) is 7.51. The number of nitrogens with zero attached hydrogens (tertiary/aromatic N) is 3. The SMILES string of the molecule is COc1c(C)[nH]cc(CN(C)c2nc(C(C)C)ns2)c1=O. The van der Waals surface area contributed by atoms with Crippen molar-refractivity contribution in [3.63, 3.8) is 0 Å². The number of pyridine rings is 1. The Balaban J connectivity index is 2.23. The van der Waals surface area contributed by atoms with Crippen molar-refractivity contribution in [1.82, 2.24) is 14.3 Å². The molecule has 0 aliphatic carbocycles. The van der Waals surface area contributed by atoms with Gasteiger partial charge in [-0.05, 0) is 6.92 Å². The van der Waals surface area contributed by atoms with Crippen LogP contribution >= 0.6 is 11.5 Å². The van der Waals surface area contributed by atoms with Crippen molar-refractivity contribution < 1.29 is 4.74 Å². The third-order valence-electron chi connectivity index (χ3n) is 3.19. The van der Waals surface area contributed by atoms with Gasteiger partial charge < -0.3 is 14.6 Å². The molecule has 0 radical (unpaired) electrons.